The number of hydrogen-bond acceptors (Lipinski definition) is 6. The molecule has 3 heterocycles. The van der Waals surface area contributed by atoms with Gasteiger partial charge >= 0.3 is 6.03 Å². The van der Waals surface area contributed by atoms with Gasteiger partial charge in [-0.15, -0.1) is 0 Å². The number of hydrogen-bond donors (Lipinski definition) is 1. The maximum Gasteiger partial charge on any atom is 0.324 e. The van der Waals surface area contributed by atoms with Crippen LogP contribution in [-0.2, 0) is 18.4 Å². The highest BCUT2D eigenvalue weighted by molar-refractivity contribution is 5.87. The molecule has 5 rings (SSSR count). The number of halogens is 1. The van der Waals surface area contributed by atoms with Crippen LogP contribution >= 0.6 is 0 Å². The van der Waals surface area contributed by atoms with Crippen molar-refractivity contribution >= 4 is 12.0 Å². The molecule has 2 saturated heterocycles. The van der Waals surface area contributed by atoms with E-state index in [0.717, 1.165) is 30.6 Å². The lowest BCUT2D eigenvalue weighted by Crippen LogP contribution is -2.48. The fourth-order valence-corrected chi connectivity index (χ4v) is 4.62. The minimum atomic E-state index is -0.252. The van der Waals surface area contributed by atoms with Gasteiger partial charge in [0.15, 0.2) is 0 Å². The molecule has 9 nitrogen and oxygen atoms in total. The van der Waals surface area contributed by atoms with Crippen molar-refractivity contribution in [3.05, 3.63) is 65.5 Å². The van der Waals surface area contributed by atoms with Crippen molar-refractivity contribution in [3.8, 4) is 5.75 Å². The van der Waals surface area contributed by atoms with E-state index in [0.29, 0.717) is 38.2 Å². The topological polar surface area (TPSA) is 94.4 Å². The van der Waals surface area contributed by atoms with E-state index in [2.05, 4.69) is 33.0 Å². The van der Waals surface area contributed by atoms with Crippen molar-refractivity contribution in [2.75, 3.05) is 25.0 Å². The van der Waals surface area contributed by atoms with E-state index >= 15 is 0 Å². The molecule has 1 aromatic heterocycles. The van der Waals surface area contributed by atoms with Gasteiger partial charge in [0.2, 0.25) is 0 Å². The van der Waals surface area contributed by atoms with E-state index in [1.807, 2.05) is 12.1 Å². The Kier molecular flexibility index (Phi) is 6.14. The number of urea groups is 1. The van der Waals surface area contributed by atoms with E-state index in [1.54, 1.807) is 24.1 Å². The summed E-state index contributed by atoms with van der Waals surface area (Å²) in [6.45, 7) is 2.32. The fraction of sp³-hybridized carbons (Fsp3) is 0.417. The first-order chi connectivity index (χ1) is 16.5. The number of aromatic nitrogens is 4. The summed E-state index contributed by atoms with van der Waals surface area (Å²) in [6, 6.07) is 14.2. The third-order valence-electron chi connectivity index (χ3n) is 6.68. The Morgan fingerprint density at radius 1 is 1.18 bits per heavy atom. The van der Waals surface area contributed by atoms with Gasteiger partial charge in [-0.1, -0.05) is 29.4 Å². The van der Waals surface area contributed by atoms with Crippen molar-refractivity contribution in [3.63, 3.8) is 0 Å². The number of carbonyl (C=O) groups excluding carboxylic acids is 1. The average Bonchev–Trinajstić information content (AvgIpc) is 3.46. The minimum absolute atomic E-state index is 0.189. The summed E-state index contributed by atoms with van der Waals surface area (Å²) in [5.41, 5.74) is 1.96. The molecule has 0 bridgehead atoms. The molecule has 0 aliphatic carbocycles. The molecule has 0 unspecified atom stereocenters. The zero-order chi connectivity index (χ0) is 23.5. The summed E-state index contributed by atoms with van der Waals surface area (Å²) in [5.74, 6) is 1.17. The smallest absolute Gasteiger partial charge is 0.324 e. The van der Waals surface area contributed by atoms with Crippen LogP contribution in [0.15, 0.2) is 48.5 Å². The molecule has 0 saturated carbocycles. The van der Waals surface area contributed by atoms with E-state index in [9.17, 15) is 9.18 Å². The van der Waals surface area contributed by atoms with Gasteiger partial charge in [0, 0.05) is 26.1 Å². The second kappa shape index (κ2) is 9.38. The van der Waals surface area contributed by atoms with Crippen LogP contribution in [0.25, 0.3) is 0 Å². The number of carbonyl (C=O) groups is 1. The van der Waals surface area contributed by atoms with Gasteiger partial charge in [0.05, 0.1) is 12.2 Å². The van der Waals surface area contributed by atoms with E-state index < -0.39 is 0 Å². The number of ether oxygens (including phenoxy) is 2. The number of likely N-dealkylation sites (tertiary alicyclic amines) is 1. The van der Waals surface area contributed by atoms with Crippen molar-refractivity contribution in [2.45, 2.75) is 37.4 Å². The number of anilines is 1. The number of benzene rings is 2. The highest BCUT2D eigenvalue weighted by atomic mass is 19.1. The first kappa shape index (κ1) is 22.3. The number of aryl methyl sites for hydroxylation is 1. The molecule has 1 spiro atoms. The van der Waals surface area contributed by atoms with Crippen LogP contribution in [0.1, 0.15) is 36.3 Å². The Labute approximate surface area is 196 Å². The molecule has 0 radical (unpaired) electrons. The molecule has 10 heteroatoms. The number of nitrogens with zero attached hydrogens (tertiary/aromatic N) is 5. The third kappa shape index (κ3) is 4.86. The van der Waals surface area contributed by atoms with Crippen molar-refractivity contribution < 1.29 is 18.7 Å². The predicted molar refractivity (Wildman–Crippen MR) is 122 cm³/mol. The largest absolute Gasteiger partial charge is 0.489 e. The van der Waals surface area contributed by atoms with E-state index in [1.165, 1.54) is 22.4 Å². The summed E-state index contributed by atoms with van der Waals surface area (Å²) in [4.78, 5) is 14.3. The first-order valence-corrected chi connectivity index (χ1v) is 11.4. The van der Waals surface area contributed by atoms with E-state index in [-0.39, 0.29) is 17.4 Å². The third-order valence-corrected chi connectivity index (χ3v) is 6.68. The average molecular weight is 467 g/mol. The van der Waals surface area contributed by atoms with Crippen molar-refractivity contribution in [2.24, 2.45) is 7.05 Å². The van der Waals surface area contributed by atoms with Gasteiger partial charge in [0.1, 0.15) is 18.2 Å². The van der Waals surface area contributed by atoms with Crippen LogP contribution in [0, 0.1) is 5.82 Å². The molecule has 3 aromatic rings. The molecular weight excluding hydrogens is 439 g/mol. The van der Waals surface area contributed by atoms with Gasteiger partial charge < -0.3 is 14.4 Å². The summed E-state index contributed by atoms with van der Waals surface area (Å²) in [5, 5.41) is 13.8. The monoisotopic (exact) mass is 466 g/mol. The van der Waals surface area contributed by atoms with Gasteiger partial charge in [0.25, 0.3) is 5.95 Å². The van der Waals surface area contributed by atoms with E-state index in [4.69, 9.17) is 9.47 Å². The van der Waals surface area contributed by atoms with Gasteiger partial charge in [-0.25, -0.2) is 13.9 Å². The Morgan fingerprint density at radius 3 is 2.59 bits per heavy atom. The normalized spacial score (nSPS) is 19.4. The van der Waals surface area contributed by atoms with Crippen molar-refractivity contribution in [1.82, 2.24) is 25.1 Å². The first-order valence-electron chi connectivity index (χ1n) is 11.4. The number of rotatable bonds is 5. The highest BCUT2D eigenvalue weighted by Gasteiger charge is 2.43. The van der Waals surface area contributed by atoms with Crippen LogP contribution in [0.5, 0.6) is 5.75 Å². The highest BCUT2D eigenvalue weighted by Crippen LogP contribution is 2.43. The van der Waals surface area contributed by atoms with Crippen molar-refractivity contribution in [1.29, 1.82) is 0 Å². The standard InChI is InChI=1S/C24H27FN6O3/c1-30-22(27-28-29-30)26-23(32)31-12-10-24(11-13-31)14-19(16-34-24)18-4-8-21(9-5-18)33-15-17-2-6-20(25)7-3-17/h2-9,19H,10-16H2,1H3,(H,26,27,29,32)/t19-/m1/s1. The lowest BCUT2D eigenvalue weighted by atomic mass is 9.83. The fourth-order valence-electron chi connectivity index (χ4n) is 4.62. The van der Waals surface area contributed by atoms with Gasteiger partial charge in [-0.05, 0) is 65.1 Å². The molecule has 2 aliphatic heterocycles. The molecular formula is C24H27FN6O3. The second-order valence-electron chi connectivity index (χ2n) is 8.92. The Balaban J connectivity index is 1.12. The van der Waals surface area contributed by atoms with Crippen LogP contribution in [-0.4, -0.2) is 56.4 Å². The lowest BCUT2D eigenvalue weighted by Gasteiger charge is -2.38. The Hall–Kier alpha value is -3.53. The molecule has 2 amide bonds. The number of nitrogens with one attached hydrogen (secondary N) is 1. The summed E-state index contributed by atoms with van der Waals surface area (Å²) >= 11 is 0. The van der Waals surface area contributed by atoms with Gasteiger partial charge in [-0.3, -0.25) is 5.32 Å². The van der Waals surface area contributed by atoms with Gasteiger partial charge in [-0.2, -0.15) is 0 Å². The summed E-state index contributed by atoms with van der Waals surface area (Å²) in [7, 11) is 1.68. The SMILES string of the molecule is Cn1nnnc1NC(=O)N1CCC2(CC1)C[C@@H](c1ccc(OCc3ccc(F)cc3)cc1)CO2. The predicted octanol–water partition coefficient (Wildman–Crippen LogP) is 3.50. The Bertz CT molecular complexity index is 1130. The summed E-state index contributed by atoms with van der Waals surface area (Å²) < 4.78 is 26.6. The minimum Gasteiger partial charge on any atom is -0.489 e. The molecule has 178 valence electrons. The quantitative estimate of drug-likeness (QED) is 0.619. The summed E-state index contributed by atoms with van der Waals surface area (Å²) in [6.07, 6.45) is 2.53. The Morgan fingerprint density at radius 2 is 1.91 bits per heavy atom. The van der Waals surface area contributed by atoms with Crippen LogP contribution in [0.4, 0.5) is 15.1 Å². The second-order valence-corrected chi connectivity index (χ2v) is 8.92. The maximum absolute atomic E-state index is 13.0. The maximum atomic E-state index is 13.0. The number of tetrazole rings is 1. The molecule has 1 N–H and O–H groups in total. The number of piperidine rings is 1. The zero-order valence-corrected chi connectivity index (χ0v) is 19.0. The molecule has 2 aromatic carbocycles. The molecule has 2 fully saturated rings. The van der Waals surface area contributed by atoms with Crippen LogP contribution < -0.4 is 10.1 Å². The number of amides is 2. The molecule has 1 atom stereocenters. The zero-order valence-electron chi connectivity index (χ0n) is 19.0. The van der Waals surface area contributed by atoms with Crippen LogP contribution in [0.3, 0.4) is 0 Å². The molecule has 34 heavy (non-hydrogen) atoms. The van der Waals surface area contributed by atoms with Crippen LogP contribution in [0.2, 0.25) is 0 Å². The lowest BCUT2D eigenvalue weighted by molar-refractivity contribution is -0.0355. The molecule has 2 aliphatic rings.